The van der Waals surface area contributed by atoms with Crippen LogP contribution in [0.15, 0.2) is 40.6 Å². The predicted octanol–water partition coefficient (Wildman–Crippen LogP) is 2.43. The van der Waals surface area contributed by atoms with Gasteiger partial charge < -0.3 is 10.0 Å². The number of aromatic carboxylic acids is 1. The zero-order valence-corrected chi connectivity index (χ0v) is 15.7. The van der Waals surface area contributed by atoms with Gasteiger partial charge in [0.25, 0.3) is 10.0 Å². The number of rotatable bonds is 4. The van der Waals surface area contributed by atoms with E-state index in [0.29, 0.717) is 25.2 Å². The van der Waals surface area contributed by atoms with Crippen molar-refractivity contribution in [1.29, 1.82) is 0 Å². The van der Waals surface area contributed by atoms with Crippen molar-refractivity contribution in [3.05, 3.63) is 52.4 Å². The Morgan fingerprint density at radius 3 is 2.52 bits per heavy atom. The number of carbonyl (C=O) groups is 1. The van der Waals surface area contributed by atoms with E-state index in [-0.39, 0.29) is 15.1 Å². The number of carboxylic acids is 1. The molecule has 6 nitrogen and oxygen atoms in total. The quantitative estimate of drug-likeness (QED) is 0.881. The molecule has 8 heteroatoms. The monoisotopic (exact) mass is 380 g/mol. The van der Waals surface area contributed by atoms with Gasteiger partial charge in [-0.2, -0.15) is 4.31 Å². The summed E-state index contributed by atoms with van der Waals surface area (Å²) in [6.07, 6.45) is 0. The van der Waals surface area contributed by atoms with Crippen LogP contribution in [0.5, 0.6) is 0 Å². The molecule has 1 atom stereocenters. The Balaban J connectivity index is 2.02. The summed E-state index contributed by atoms with van der Waals surface area (Å²) in [5.74, 6) is -1.10. The molecular weight excluding hydrogens is 360 g/mol. The van der Waals surface area contributed by atoms with Crippen LogP contribution in [0.4, 0.5) is 0 Å². The summed E-state index contributed by atoms with van der Waals surface area (Å²) >= 11 is 0.823. The SMILES string of the molecule is Cc1cc(S(=O)(=O)N2CCN(C)C[C@@H]2c2ccccc2)sc1C(=O)O. The topological polar surface area (TPSA) is 77.9 Å². The number of sulfonamides is 1. The van der Waals surface area contributed by atoms with Gasteiger partial charge in [0.05, 0.1) is 6.04 Å². The van der Waals surface area contributed by atoms with Crippen molar-refractivity contribution in [2.75, 3.05) is 26.7 Å². The molecule has 1 aliphatic heterocycles. The highest BCUT2D eigenvalue weighted by Gasteiger charge is 2.37. The minimum absolute atomic E-state index is 0.0731. The van der Waals surface area contributed by atoms with Gasteiger partial charge in [-0.25, -0.2) is 13.2 Å². The highest BCUT2D eigenvalue weighted by molar-refractivity contribution is 7.91. The zero-order chi connectivity index (χ0) is 18.2. The number of thiophene rings is 1. The molecule has 2 heterocycles. The van der Waals surface area contributed by atoms with Crippen LogP contribution >= 0.6 is 11.3 Å². The molecule has 1 aliphatic rings. The van der Waals surface area contributed by atoms with Crippen molar-refractivity contribution in [2.45, 2.75) is 17.2 Å². The number of nitrogens with zero attached hydrogens (tertiary/aromatic N) is 2. The summed E-state index contributed by atoms with van der Waals surface area (Å²) in [5.41, 5.74) is 1.41. The summed E-state index contributed by atoms with van der Waals surface area (Å²) < 4.78 is 28.0. The van der Waals surface area contributed by atoms with Gasteiger partial charge in [-0.15, -0.1) is 11.3 Å². The molecule has 1 aromatic carbocycles. The van der Waals surface area contributed by atoms with Crippen LogP contribution in [0, 0.1) is 6.92 Å². The Kier molecular flexibility index (Phi) is 4.97. The lowest BCUT2D eigenvalue weighted by Gasteiger charge is -2.39. The third kappa shape index (κ3) is 3.48. The third-order valence-electron chi connectivity index (χ3n) is 4.37. The molecule has 1 saturated heterocycles. The van der Waals surface area contributed by atoms with E-state index in [4.69, 9.17) is 0 Å². The second kappa shape index (κ2) is 6.87. The van der Waals surface area contributed by atoms with Gasteiger partial charge >= 0.3 is 5.97 Å². The molecule has 0 radical (unpaired) electrons. The summed E-state index contributed by atoms with van der Waals surface area (Å²) in [5, 5.41) is 9.22. The Labute approximate surface area is 151 Å². The van der Waals surface area contributed by atoms with Gasteiger partial charge in [0.2, 0.25) is 0 Å². The van der Waals surface area contributed by atoms with E-state index in [1.807, 2.05) is 37.4 Å². The maximum atomic E-state index is 13.2. The van der Waals surface area contributed by atoms with E-state index in [1.165, 1.54) is 10.4 Å². The molecule has 0 bridgehead atoms. The van der Waals surface area contributed by atoms with E-state index in [9.17, 15) is 18.3 Å². The van der Waals surface area contributed by atoms with Crippen molar-refractivity contribution >= 4 is 27.3 Å². The van der Waals surface area contributed by atoms with Crippen molar-refractivity contribution in [1.82, 2.24) is 9.21 Å². The maximum absolute atomic E-state index is 13.2. The van der Waals surface area contributed by atoms with Crippen molar-refractivity contribution < 1.29 is 18.3 Å². The largest absolute Gasteiger partial charge is 0.477 e. The van der Waals surface area contributed by atoms with Gasteiger partial charge in [0.15, 0.2) is 0 Å². The first-order valence-electron chi connectivity index (χ1n) is 7.90. The van der Waals surface area contributed by atoms with E-state index in [1.54, 1.807) is 6.92 Å². The number of benzene rings is 1. The number of piperazine rings is 1. The second-order valence-corrected chi connectivity index (χ2v) is 9.36. The summed E-state index contributed by atoms with van der Waals surface area (Å²) in [6.45, 7) is 3.23. The molecule has 0 amide bonds. The average Bonchev–Trinajstić information content (AvgIpc) is 2.98. The lowest BCUT2D eigenvalue weighted by molar-refractivity contribution is 0.0701. The van der Waals surface area contributed by atoms with Crippen molar-refractivity contribution in [3.8, 4) is 0 Å². The van der Waals surface area contributed by atoms with Gasteiger partial charge in [0.1, 0.15) is 9.09 Å². The maximum Gasteiger partial charge on any atom is 0.346 e. The van der Waals surface area contributed by atoms with Crippen LogP contribution in [0.2, 0.25) is 0 Å². The molecule has 2 aromatic rings. The van der Waals surface area contributed by atoms with Crippen molar-refractivity contribution in [3.63, 3.8) is 0 Å². The van der Waals surface area contributed by atoms with Crippen molar-refractivity contribution in [2.24, 2.45) is 0 Å². The van der Waals surface area contributed by atoms with E-state index in [2.05, 4.69) is 4.90 Å². The Morgan fingerprint density at radius 1 is 1.24 bits per heavy atom. The first-order chi connectivity index (χ1) is 11.8. The Morgan fingerprint density at radius 2 is 1.92 bits per heavy atom. The lowest BCUT2D eigenvalue weighted by atomic mass is 10.1. The molecule has 1 fully saturated rings. The third-order valence-corrected chi connectivity index (χ3v) is 7.95. The van der Waals surface area contributed by atoms with E-state index >= 15 is 0 Å². The molecule has 1 N–H and O–H groups in total. The number of carboxylic acid groups (broad SMARTS) is 1. The van der Waals surface area contributed by atoms with Crippen LogP contribution in [0.3, 0.4) is 0 Å². The molecule has 0 unspecified atom stereocenters. The smallest absolute Gasteiger partial charge is 0.346 e. The minimum Gasteiger partial charge on any atom is -0.477 e. The van der Waals surface area contributed by atoms with Crippen LogP contribution < -0.4 is 0 Å². The second-order valence-electron chi connectivity index (χ2n) is 6.19. The molecule has 134 valence electrons. The first-order valence-corrected chi connectivity index (χ1v) is 10.2. The molecule has 1 aromatic heterocycles. The molecule has 0 saturated carbocycles. The predicted molar refractivity (Wildman–Crippen MR) is 96.6 cm³/mol. The molecule has 3 rings (SSSR count). The summed E-state index contributed by atoms with van der Waals surface area (Å²) in [6, 6.07) is 10.7. The van der Waals surface area contributed by atoms with Crippen LogP contribution in [0.1, 0.15) is 26.8 Å². The van der Waals surface area contributed by atoms with Crippen LogP contribution in [-0.2, 0) is 10.0 Å². The average molecular weight is 380 g/mol. The highest BCUT2D eigenvalue weighted by atomic mass is 32.2. The molecule has 25 heavy (non-hydrogen) atoms. The fourth-order valence-corrected chi connectivity index (χ4v) is 6.15. The number of likely N-dealkylation sites (N-methyl/N-ethyl adjacent to an activating group) is 1. The Hall–Kier alpha value is -1.74. The summed E-state index contributed by atoms with van der Waals surface area (Å²) in [7, 11) is -1.79. The molecular formula is C17H20N2O4S2. The Bertz CT molecular complexity index is 877. The van der Waals surface area contributed by atoms with Gasteiger partial charge in [-0.1, -0.05) is 30.3 Å². The van der Waals surface area contributed by atoms with E-state index in [0.717, 1.165) is 16.9 Å². The highest BCUT2D eigenvalue weighted by Crippen LogP contribution is 2.34. The number of hydrogen-bond donors (Lipinski definition) is 1. The standard InChI is InChI=1S/C17H20N2O4S2/c1-12-10-15(24-16(12)17(20)21)25(22,23)19-9-8-18(2)11-14(19)13-6-4-3-5-7-13/h3-7,10,14H,8-9,11H2,1-2H3,(H,20,21)/t14-/m1/s1. The minimum atomic E-state index is -3.76. The van der Waals surface area contributed by atoms with Crippen LogP contribution in [0.25, 0.3) is 0 Å². The number of hydrogen-bond acceptors (Lipinski definition) is 5. The number of aryl methyl sites for hydroxylation is 1. The summed E-state index contributed by atoms with van der Waals surface area (Å²) in [4.78, 5) is 13.4. The van der Waals surface area contributed by atoms with Crippen LogP contribution in [-0.4, -0.2) is 55.4 Å². The van der Waals surface area contributed by atoms with E-state index < -0.39 is 16.0 Å². The van der Waals surface area contributed by atoms with Gasteiger partial charge in [-0.3, -0.25) is 0 Å². The molecule has 0 aliphatic carbocycles. The fourth-order valence-electron chi connectivity index (χ4n) is 3.05. The lowest BCUT2D eigenvalue weighted by Crippen LogP contribution is -2.49. The van der Waals surface area contributed by atoms with Gasteiger partial charge in [0, 0.05) is 19.6 Å². The van der Waals surface area contributed by atoms with Gasteiger partial charge in [-0.05, 0) is 31.2 Å². The normalized spacial score (nSPS) is 19.8. The first kappa shape index (κ1) is 18.1. The molecule has 0 spiro atoms. The zero-order valence-electron chi connectivity index (χ0n) is 14.0. The fraction of sp³-hybridized carbons (Fsp3) is 0.353.